The van der Waals surface area contributed by atoms with Gasteiger partial charge in [-0.05, 0) is 22.0 Å². The molecule has 0 radical (unpaired) electrons. The molecule has 0 aliphatic rings. The van der Waals surface area contributed by atoms with E-state index in [1.54, 1.807) is 11.3 Å². The normalized spacial score (nSPS) is 9.83. The summed E-state index contributed by atoms with van der Waals surface area (Å²) < 4.78 is 1.07. The lowest BCUT2D eigenvalue weighted by molar-refractivity contribution is -0.118. The molecule has 0 atom stereocenters. The number of thiophene rings is 1. The maximum Gasteiger partial charge on any atom is 0.230 e. The highest BCUT2D eigenvalue weighted by atomic mass is 79.9. The van der Waals surface area contributed by atoms with Crippen molar-refractivity contribution in [3.8, 4) is 0 Å². The van der Waals surface area contributed by atoms with Crippen molar-refractivity contribution in [2.75, 3.05) is 5.33 Å². The summed E-state index contributed by atoms with van der Waals surface area (Å²) in [5.41, 5.74) is 0. The summed E-state index contributed by atoms with van der Waals surface area (Å²) >= 11 is 8.05. The molecule has 0 saturated heterocycles. The fourth-order valence-electron chi connectivity index (χ4n) is 0.679. The minimum Gasteiger partial charge on any atom is -0.350 e. The van der Waals surface area contributed by atoms with E-state index in [1.807, 2.05) is 11.4 Å². The number of carbonyl (C=O) groups is 1. The number of nitrogens with one attached hydrogen (secondary N) is 1. The van der Waals surface area contributed by atoms with Gasteiger partial charge in [0.2, 0.25) is 5.91 Å². The van der Waals surface area contributed by atoms with E-state index in [0.717, 1.165) is 9.35 Å². The summed E-state index contributed by atoms with van der Waals surface area (Å²) in [7, 11) is 0. The van der Waals surface area contributed by atoms with Gasteiger partial charge >= 0.3 is 0 Å². The molecule has 0 aliphatic carbocycles. The Morgan fingerprint density at radius 1 is 1.67 bits per heavy atom. The van der Waals surface area contributed by atoms with Crippen LogP contribution in [0.4, 0.5) is 0 Å². The zero-order valence-corrected chi connectivity index (χ0v) is 10.1. The molecule has 0 aliphatic heterocycles. The number of alkyl halides is 1. The minimum absolute atomic E-state index is 0.0134. The number of halogens is 2. The Morgan fingerprint density at radius 3 is 2.92 bits per heavy atom. The number of hydrogen-bond acceptors (Lipinski definition) is 2. The van der Waals surface area contributed by atoms with Crippen molar-refractivity contribution >= 4 is 49.1 Å². The van der Waals surface area contributed by atoms with Crippen LogP contribution in [0.3, 0.4) is 0 Å². The van der Waals surface area contributed by atoms with Gasteiger partial charge in [0.25, 0.3) is 0 Å². The fourth-order valence-corrected chi connectivity index (χ4v) is 2.27. The third-order valence-corrected chi connectivity index (χ3v) is 3.41. The van der Waals surface area contributed by atoms with Gasteiger partial charge in [-0.15, -0.1) is 11.3 Å². The van der Waals surface area contributed by atoms with Crippen molar-refractivity contribution in [1.82, 2.24) is 5.32 Å². The molecular formula is C7H7Br2NOS. The van der Waals surface area contributed by atoms with E-state index >= 15 is 0 Å². The molecule has 66 valence electrons. The number of rotatable bonds is 3. The van der Waals surface area contributed by atoms with Gasteiger partial charge in [0, 0.05) is 14.7 Å². The Balaban J connectivity index is 2.38. The van der Waals surface area contributed by atoms with Gasteiger partial charge in [-0.25, -0.2) is 0 Å². The average molecular weight is 313 g/mol. The van der Waals surface area contributed by atoms with Crippen molar-refractivity contribution in [2.24, 2.45) is 0 Å². The van der Waals surface area contributed by atoms with Gasteiger partial charge in [0.15, 0.2) is 0 Å². The van der Waals surface area contributed by atoms with Crippen LogP contribution in [0.5, 0.6) is 0 Å². The van der Waals surface area contributed by atoms with Gasteiger partial charge in [-0.1, -0.05) is 15.9 Å². The molecule has 1 N–H and O–H groups in total. The van der Waals surface area contributed by atoms with Crippen molar-refractivity contribution in [1.29, 1.82) is 0 Å². The smallest absolute Gasteiger partial charge is 0.230 e. The van der Waals surface area contributed by atoms with Crippen LogP contribution in [-0.4, -0.2) is 11.2 Å². The molecule has 1 aromatic heterocycles. The number of carbonyl (C=O) groups excluding carboxylic acids is 1. The summed E-state index contributed by atoms with van der Waals surface area (Å²) in [6, 6.07) is 2.00. The molecule has 0 unspecified atom stereocenters. The molecule has 0 saturated carbocycles. The highest BCUT2D eigenvalue weighted by Crippen LogP contribution is 2.19. The van der Waals surface area contributed by atoms with Crippen LogP contribution in [0.15, 0.2) is 15.9 Å². The lowest BCUT2D eigenvalue weighted by Crippen LogP contribution is -2.22. The standard InChI is InChI=1S/C7H7Br2NOS/c8-2-7(11)10-3-6-1-5(9)4-12-6/h1,4H,2-3H2,(H,10,11). The monoisotopic (exact) mass is 311 g/mol. The highest BCUT2D eigenvalue weighted by Gasteiger charge is 2.00. The molecular weight excluding hydrogens is 306 g/mol. The van der Waals surface area contributed by atoms with Gasteiger partial charge in [0.05, 0.1) is 11.9 Å². The van der Waals surface area contributed by atoms with E-state index in [4.69, 9.17) is 0 Å². The van der Waals surface area contributed by atoms with Crippen LogP contribution in [0, 0.1) is 0 Å². The van der Waals surface area contributed by atoms with Gasteiger partial charge in [0.1, 0.15) is 0 Å². The second kappa shape index (κ2) is 4.99. The molecule has 0 spiro atoms. The molecule has 1 heterocycles. The predicted octanol–water partition coefficient (Wildman–Crippen LogP) is 2.52. The third kappa shape index (κ3) is 3.25. The van der Waals surface area contributed by atoms with E-state index in [2.05, 4.69) is 37.2 Å². The largest absolute Gasteiger partial charge is 0.350 e. The van der Waals surface area contributed by atoms with Crippen LogP contribution >= 0.6 is 43.2 Å². The maximum absolute atomic E-state index is 10.8. The van der Waals surface area contributed by atoms with Crippen molar-refractivity contribution in [3.05, 3.63) is 20.8 Å². The highest BCUT2D eigenvalue weighted by molar-refractivity contribution is 9.10. The summed E-state index contributed by atoms with van der Waals surface area (Å²) in [6.07, 6.45) is 0. The van der Waals surface area contributed by atoms with Crippen molar-refractivity contribution < 1.29 is 4.79 Å². The molecule has 2 nitrogen and oxygen atoms in total. The Hall–Kier alpha value is 0.130. The van der Waals surface area contributed by atoms with E-state index in [1.165, 1.54) is 0 Å². The quantitative estimate of drug-likeness (QED) is 0.854. The van der Waals surface area contributed by atoms with Crippen LogP contribution in [-0.2, 0) is 11.3 Å². The predicted molar refractivity (Wildman–Crippen MR) is 57.7 cm³/mol. The second-order valence-electron chi connectivity index (χ2n) is 2.14. The Morgan fingerprint density at radius 2 is 2.42 bits per heavy atom. The van der Waals surface area contributed by atoms with Crippen LogP contribution in [0.1, 0.15) is 4.88 Å². The first-order valence-electron chi connectivity index (χ1n) is 3.28. The van der Waals surface area contributed by atoms with E-state index in [0.29, 0.717) is 11.9 Å². The fraction of sp³-hybridized carbons (Fsp3) is 0.286. The maximum atomic E-state index is 10.8. The number of amides is 1. The molecule has 12 heavy (non-hydrogen) atoms. The van der Waals surface area contributed by atoms with Gasteiger partial charge < -0.3 is 5.32 Å². The minimum atomic E-state index is 0.0134. The Labute approximate surface area is 91.6 Å². The van der Waals surface area contributed by atoms with Gasteiger partial charge in [-0.3, -0.25) is 4.79 Å². The van der Waals surface area contributed by atoms with Crippen LogP contribution in [0.2, 0.25) is 0 Å². The molecule has 0 fully saturated rings. The average Bonchev–Trinajstić information content (AvgIpc) is 2.47. The van der Waals surface area contributed by atoms with Gasteiger partial charge in [-0.2, -0.15) is 0 Å². The molecule has 1 rings (SSSR count). The van der Waals surface area contributed by atoms with Crippen molar-refractivity contribution in [3.63, 3.8) is 0 Å². The van der Waals surface area contributed by atoms with Crippen LogP contribution in [0.25, 0.3) is 0 Å². The first kappa shape index (κ1) is 10.2. The Kier molecular flexibility index (Phi) is 4.25. The molecule has 0 bridgehead atoms. The van der Waals surface area contributed by atoms with E-state index < -0.39 is 0 Å². The first-order valence-corrected chi connectivity index (χ1v) is 6.07. The summed E-state index contributed by atoms with van der Waals surface area (Å²) in [5.74, 6) is 0.0134. The first-order chi connectivity index (χ1) is 5.72. The lowest BCUT2D eigenvalue weighted by Gasteiger charge is -1.98. The summed E-state index contributed by atoms with van der Waals surface area (Å²) in [4.78, 5) is 12.0. The SMILES string of the molecule is O=C(CBr)NCc1cc(Br)cs1. The summed E-state index contributed by atoms with van der Waals surface area (Å²) in [6.45, 7) is 0.612. The lowest BCUT2D eigenvalue weighted by atomic mass is 10.4. The zero-order valence-electron chi connectivity index (χ0n) is 6.14. The van der Waals surface area contributed by atoms with E-state index in [-0.39, 0.29) is 5.91 Å². The van der Waals surface area contributed by atoms with Crippen molar-refractivity contribution in [2.45, 2.75) is 6.54 Å². The second-order valence-corrected chi connectivity index (χ2v) is 4.61. The topological polar surface area (TPSA) is 29.1 Å². The van der Waals surface area contributed by atoms with E-state index in [9.17, 15) is 4.79 Å². The molecule has 0 aromatic carbocycles. The molecule has 1 amide bonds. The molecule has 5 heteroatoms. The third-order valence-electron chi connectivity index (χ3n) is 1.20. The molecule has 1 aromatic rings. The summed E-state index contributed by atoms with van der Waals surface area (Å²) in [5, 5.41) is 5.12. The number of hydrogen-bond donors (Lipinski definition) is 1. The van der Waals surface area contributed by atoms with Crippen LogP contribution < -0.4 is 5.32 Å². The zero-order chi connectivity index (χ0) is 8.97. The Bertz CT molecular complexity index is 274.